The number of fused-ring (bicyclic) bond motifs is 1. The van der Waals surface area contributed by atoms with Crippen molar-refractivity contribution >= 4 is 11.6 Å². The summed E-state index contributed by atoms with van der Waals surface area (Å²) in [4.78, 5) is 4.29. The summed E-state index contributed by atoms with van der Waals surface area (Å²) < 4.78 is 7.84. The Morgan fingerprint density at radius 2 is 1.93 bits per heavy atom. The van der Waals surface area contributed by atoms with Gasteiger partial charge in [-0.3, -0.25) is 9.39 Å². The van der Waals surface area contributed by atoms with Crippen molar-refractivity contribution in [3.63, 3.8) is 0 Å². The summed E-state index contributed by atoms with van der Waals surface area (Å²) in [5.41, 5.74) is 2.09. The molecule has 1 aromatic carbocycles. The molecule has 7 nitrogen and oxygen atoms in total. The second-order valence-electron chi connectivity index (χ2n) is 7.13. The van der Waals surface area contributed by atoms with E-state index in [1.54, 1.807) is 7.05 Å². The molecule has 0 saturated carbocycles. The van der Waals surface area contributed by atoms with Gasteiger partial charge in [-0.15, -0.1) is 10.2 Å². The number of aliphatic imine (C=N–C) groups is 1. The van der Waals surface area contributed by atoms with Crippen molar-refractivity contribution in [3.05, 3.63) is 66.1 Å². The lowest BCUT2D eigenvalue weighted by Crippen LogP contribution is -2.40. The zero-order chi connectivity index (χ0) is 20.3. The van der Waals surface area contributed by atoms with E-state index in [0.29, 0.717) is 19.1 Å². The fraction of sp³-hybridized carbons (Fsp3) is 0.409. The molecule has 1 unspecified atom stereocenters. The smallest absolute Gasteiger partial charge is 0.190 e. The Bertz CT molecular complexity index is 892. The SMILES string of the molecule is CN=C(NCCCc1nnc2ccccn12)NCC(C)COCc1ccccc1. The number of rotatable bonds is 10. The van der Waals surface area contributed by atoms with Crippen LogP contribution in [0.2, 0.25) is 0 Å². The quantitative estimate of drug-likeness (QED) is 0.314. The molecular weight excluding hydrogens is 364 g/mol. The van der Waals surface area contributed by atoms with Gasteiger partial charge in [-0.25, -0.2) is 0 Å². The average molecular weight is 395 g/mol. The van der Waals surface area contributed by atoms with Crippen LogP contribution in [0.1, 0.15) is 24.7 Å². The highest BCUT2D eigenvalue weighted by Gasteiger charge is 2.06. The number of hydrogen-bond donors (Lipinski definition) is 2. The van der Waals surface area contributed by atoms with Crippen molar-refractivity contribution in [1.82, 2.24) is 25.2 Å². The summed E-state index contributed by atoms with van der Waals surface area (Å²) >= 11 is 0. The predicted octanol–water partition coefficient (Wildman–Crippen LogP) is 2.68. The minimum Gasteiger partial charge on any atom is -0.376 e. The van der Waals surface area contributed by atoms with Gasteiger partial charge in [-0.2, -0.15) is 0 Å². The van der Waals surface area contributed by atoms with E-state index in [0.717, 1.165) is 43.4 Å². The molecule has 0 saturated heterocycles. The van der Waals surface area contributed by atoms with Gasteiger partial charge in [0.25, 0.3) is 0 Å². The molecule has 0 spiro atoms. The molecule has 0 aliphatic rings. The van der Waals surface area contributed by atoms with Crippen LogP contribution in [0.4, 0.5) is 0 Å². The molecule has 1 atom stereocenters. The molecule has 2 heterocycles. The molecule has 2 aromatic heterocycles. The van der Waals surface area contributed by atoms with E-state index >= 15 is 0 Å². The largest absolute Gasteiger partial charge is 0.376 e. The summed E-state index contributed by atoms with van der Waals surface area (Å²) in [6, 6.07) is 16.2. The number of aryl methyl sites for hydroxylation is 1. The van der Waals surface area contributed by atoms with Crippen molar-refractivity contribution in [2.24, 2.45) is 10.9 Å². The Morgan fingerprint density at radius 3 is 2.76 bits per heavy atom. The van der Waals surface area contributed by atoms with Crippen LogP contribution in [0.25, 0.3) is 5.65 Å². The average Bonchev–Trinajstić information content (AvgIpc) is 3.17. The molecule has 3 rings (SSSR count). The molecule has 0 bridgehead atoms. The first-order chi connectivity index (χ1) is 14.3. The number of pyridine rings is 1. The third kappa shape index (κ3) is 6.57. The van der Waals surface area contributed by atoms with Gasteiger partial charge in [0.15, 0.2) is 11.6 Å². The van der Waals surface area contributed by atoms with E-state index in [-0.39, 0.29) is 0 Å². The van der Waals surface area contributed by atoms with Crippen LogP contribution in [-0.4, -0.2) is 47.3 Å². The molecule has 0 aliphatic heterocycles. The lowest BCUT2D eigenvalue weighted by Gasteiger charge is -2.16. The van der Waals surface area contributed by atoms with Gasteiger partial charge in [0.2, 0.25) is 0 Å². The molecule has 154 valence electrons. The third-order valence-corrected chi connectivity index (χ3v) is 4.61. The summed E-state index contributed by atoms with van der Waals surface area (Å²) in [6.45, 7) is 5.15. The summed E-state index contributed by atoms with van der Waals surface area (Å²) in [7, 11) is 1.79. The van der Waals surface area contributed by atoms with Crippen LogP contribution in [0.15, 0.2) is 59.7 Å². The van der Waals surface area contributed by atoms with E-state index in [9.17, 15) is 0 Å². The zero-order valence-corrected chi connectivity index (χ0v) is 17.2. The van der Waals surface area contributed by atoms with Crippen LogP contribution >= 0.6 is 0 Å². The lowest BCUT2D eigenvalue weighted by atomic mass is 10.2. The van der Waals surface area contributed by atoms with E-state index in [4.69, 9.17) is 4.74 Å². The minimum atomic E-state index is 0.389. The standard InChI is InChI=1S/C22H30N6O/c1-18(16-29-17-19-9-4-3-5-10-19)15-25-22(23-2)24-13-8-12-21-27-26-20-11-6-7-14-28(20)21/h3-7,9-11,14,18H,8,12-13,15-17H2,1-2H3,(H2,23,24,25). The lowest BCUT2D eigenvalue weighted by molar-refractivity contribution is 0.0931. The van der Waals surface area contributed by atoms with E-state index in [2.05, 4.69) is 44.9 Å². The van der Waals surface area contributed by atoms with Gasteiger partial charge in [0, 0.05) is 32.8 Å². The molecular formula is C22H30N6O. The molecule has 3 aromatic rings. The molecule has 0 radical (unpaired) electrons. The number of ether oxygens (including phenoxy) is 1. The summed E-state index contributed by atoms with van der Waals surface area (Å²) in [6.07, 6.45) is 3.81. The van der Waals surface area contributed by atoms with Crippen molar-refractivity contribution in [3.8, 4) is 0 Å². The highest BCUT2D eigenvalue weighted by molar-refractivity contribution is 5.79. The van der Waals surface area contributed by atoms with Gasteiger partial charge in [0.05, 0.1) is 13.2 Å². The number of nitrogens with zero attached hydrogens (tertiary/aromatic N) is 4. The van der Waals surface area contributed by atoms with Crippen molar-refractivity contribution < 1.29 is 4.74 Å². The fourth-order valence-electron chi connectivity index (χ4n) is 3.02. The molecule has 0 amide bonds. The second kappa shape index (κ2) is 11.2. The highest BCUT2D eigenvalue weighted by atomic mass is 16.5. The maximum atomic E-state index is 5.81. The molecule has 7 heteroatoms. The van der Waals surface area contributed by atoms with Gasteiger partial charge in [-0.1, -0.05) is 43.3 Å². The number of guanidine groups is 1. The molecule has 0 aliphatic carbocycles. The number of nitrogens with one attached hydrogen (secondary N) is 2. The first kappa shape index (κ1) is 20.8. The van der Waals surface area contributed by atoms with Gasteiger partial charge < -0.3 is 15.4 Å². The third-order valence-electron chi connectivity index (χ3n) is 4.61. The predicted molar refractivity (Wildman–Crippen MR) is 116 cm³/mol. The Labute approximate surface area is 172 Å². The van der Waals surface area contributed by atoms with Crippen LogP contribution in [0, 0.1) is 5.92 Å². The molecule has 2 N–H and O–H groups in total. The fourth-order valence-corrected chi connectivity index (χ4v) is 3.02. The normalized spacial score (nSPS) is 12.8. The van der Waals surface area contributed by atoms with Crippen molar-refractivity contribution in [2.75, 3.05) is 26.7 Å². The molecule has 29 heavy (non-hydrogen) atoms. The Kier molecular flexibility index (Phi) is 8.01. The Hall–Kier alpha value is -2.93. The molecule has 0 fully saturated rings. The van der Waals surface area contributed by atoms with Crippen LogP contribution in [-0.2, 0) is 17.8 Å². The Morgan fingerprint density at radius 1 is 1.10 bits per heavy atom. The monoisotopic (exact) mass is 394 g/mol. The van der Waals surface area contributed by atoms with E-state index in [1.807, 2.05) is 47.0 Å². The zero-order valence-electron chi connectivity index (χ0n) is 17.2. The maximum Gasteiger partial charge on any atom is 0.190 e. The Balaban J connectivity index is 1.31. The number of hydrogen-bond acceptors (Lipinski definition) is 4. The van der Waals surface area contributed by atoms with Crippen LogP contribution in [0.3, 0.4) is 0 Å². The van der Waals surface area contributed by atoms with Crippen LogP contribution in [0.5, 0.6) is 0 Å². The number of benzene rings is 1. The van der Waals surface area contributed by atoms with Gasteiger partial charge >= 0.3 is 0 Å². The summed E-state index contributed by atoms with van der Waals surface area (Å²) in [5, 5.41) is 15.2. The second-order valence-corrected chi connectivity index (χ2v) is 7.13. The topological polar surface area (TPSA) is 75.8 Å². The van der Waals surface area contributed by atoms with E-state index < -0.39 is 0 Å². The van der Waals surface area contributed by atoms with Crippen LogP contribution < -0.4 is 10.6 Å². The van der Waals surface area contributed by atoms with Gasteiger partial charge in [0.1, 0.15) is 5.82 Å². The van der Waals surface area contributed by atoms with E-state index in [1.165, 1.54) is 5.56 Å². The maximum absolute atomic E-state index is 5.81. The van der Waals surface area contributed by atoms with Gasteiger partial charge in [-0.05, 0) is 30.0 Å². The first-order valence-electron chi connectivity index (χ1n) is 10.1. The summed E-state index contributed by atoms with van der Waals surface area (Å²) in [5.74, 6) is 2.18. The minimum absolute atomic E-state index is 0.389. The first-order valence-corrected chi connectivity index (χ1v) is 10.1. The highest BCUT2D eigenvalue weighted by Crippen LogP contribution is 2.05. The van der Waals surface area contributed by atoms with Crippen molar-refractivity contribution in [1.29, 1.82) is 0 Å². The number of aromatic nitrogens is 3. The van der Waals surface area contributed by atoms with Crippen molar-refractivity contribution in [2.45, 2.75) is 26.4 Å².